The molecule has 1 aliphatic carbocycles. The van der Waals surface area contributed by atoms with E-state index in [2.05, 4.69) is 10.0 Å². The van der Waals surface area contributed by atoms with Crippen molar-refractivity contribution in [2.45, 2.75) is 39.2 Å². The maximum Gasteiger partial charge on any atom is 0.232 e. The Balaban J connectivity index is 1.86. The van der Waals surface area contributed by atoms with Crippen molar-refractivity contribution in [3.05, 3.63) is 29.3 Å². The van der Waals surface area contributed by atoms with Gasteiger partial charge in [-0.1, -0.05) is 12.1 Å². The molecule has 0 saturated heterocycles. The maximum absolute atomic E-state index is 12.0. The van der Waals surface area contributed by atoms with E-state index >= 15 is 0 Å². The van der Waals surface area contributed by atoms with Gasteiger partial charge in [-0.3, -0.25) is 4.72 Å². The Kier molecular flexibility index (Phi) is 4.47. The fourth-order valence-corrected chi connectivity index (χ4v) is 3.10. The van der Waals surface area contributed by atoms with Crippen LogP contribution in [0.25, 0.3) is 0 Å². The van der Waals surface area contributed by atoms with Gasteiger partial charge < -0.3 is 5.32 Å². The highest BCUT2D eigenvalue weighted by molar-refractivity contribution is 7.92. The summed E-state index contributed by atoms with van der Waals surface area (Å²) >= 11 is 0. The molecule has 0 amide bonds. The second-order valence-corrected chi connectivity index (χ2v) is 7.16. The van der Waals surface area contributed by atoms with Gasteiger partial charge in [0.05, 0.1) is 11.4 Å². The van der Waals surface area contributed by atoms with Crippen molar-refractivity contribution in [3.8, 4) is 0 Å². The Morgan fingerprint density at radius 1 is 1.26 bits per heavy atom. The molecule has 1 aromatic rings. The molecule has 0 bridgehead atoms. The molecule has 19 heavy (non-hydrogen) atoms. The number of benzene rings is 1. The molecule has 0 aliphatic heterocycles. The van der Waals surface area contributed by atoms with Crippen LogP contribution in [0.4, 0.5) is 5.69 Å². The minimum Gasteiger partial charge on any atom is -0.314 e. The fraction of sp³-hybridized carbons (Fsp3) is 0.571. The summed E-state index contributed by atoms with van der Waals surface area (Å²) in [6.45, 7) is 4.64. The SMILES string of the molecule is Cc1ccc(C)c(NS(=O)(=O)CCCNC2CC2)c1. The average Bonchev–Trinajstić information content (AvgIpc) is 3.13. The van der Waals surface area contributed by atoms with Gasteiger partial charge in [0.15, 0.2) is 0 Å². The maximum atomic E-state index is 12.0. The first-order valence-corrected chi connectivity index (χ1v) is 8.43. The third kappa shape index (κ3) is 4.84. The minimum atomic E-state index is -3.24. The van der Waals surface area contributed by atoms with Gasteiger partial charge in [-0.05, 0) is 56.8 Å². The van der Waals surface area contributed by atoms with Crippen LogP contribution in [-0.2, 0) is 10.0 Å². The highest BCUT2D eigenvalue weighted by atomic mass is 32.2. The Labute approximate surface area is 115 Å². The Morgan fingerprint density at radius 3 is 2.68 bits per heavy atom. The van der Waals surface area contributed by atoms with Gasteiger partial charge in [-0.15, -0.1) is 0 Å². The predicted molar refractivity (Wildman–Crippen MR) is 79.0 cm³/mol. The van der Waals surface area contributed by atoms with Crippen LogP contribution in [0.1, 0.15) is 30.4 Å². The van der Waals surface area contributed by atoms with Gasteiger partial charge in [0, 0.05) is 6.04 Å². The van der Waals surface area contributed by atoms with Gasteiger partial charge in [0.1, 0.15) is 0 Å². The zero-order valence-electron chi connectivity index (χ0n) is 11.6. The summed E-state index contributed by atoms with van der Waals surface area (Å²) in [5.74, 6) is 0.167. The van der Waals surface area contributed by atoms with Crippen molar-refractivity contribution in [1.82, 2.24) is 5.32 Å². The lowest BCUT2D eigenvalue weighted by Crippen LogP contribution is -2.23. The lowest BCUT2D eigenvalue weighted by molar-refractivity contribution is 0.593. The molecule has 0 spiro atoms. The molecule has 0 atom stereocenters. The van der Waals surface area contributed by atoms with Crippen LogP contribution >= 0.6 is 0 Å². The Bertz CT molecular complexity index is 536. The molecule has 106 valence electrons. The van der Waals surface area contributed by atoms with Crippen molar-refractivity contribution in [2.75, 3.05) is 17.0 Å². The first-order chi connectivity index (χ1) is 8.96. The van der Waals surface area contributed by atoms with Crippen LogP contribution < -0.4 is 10.0 Å². The highest BCUT2D eigenvalue weighted by Gasteiger charge is 2.20. The number of hydrogen-bond donors (Lipinski definition) is 2. The van der Waals surface area contributed by atoms with Crippen LogP contribution in [0.2, 0.25) is 0 Å². The van der Waals surface area contributed by atoms with E-state index in [1.165, 1.54) is 12.8 Å². The molecule has 2 N–H and O–H groups in total. The van der Waals surface area contributed by atoms with Crippen LogP contribution in [0.3, 0.4) is 0 Å². The normalized spacial score (nSPS) is 15.5. The summed E-state index contributed by atoms with van der Waals surface area (Å²) < 4.78 is 26.6. The molecule has 0 heterocycles. The number of hydrogen-bond acceptors (Lipinski definition) is 3. The van der Waals surface area contributed by atoms with Crippen LogP contribution in [-0.4, -0.2) is 26.8 Å². The van der Waals surface area contributed by atoms with Crippen molar-refractivity contribution in [3.63, 3.8) is 0 Å². The van der Waals surface area contributed by atoms with Crippen molar-refractivity contribution in [2.24, 2.45) is 0 Å². The molecule has 1 aromatic carbocycles. The first kappa shape index (κ1) is 14.3. The summed E-state index contributed by atoms with van der Waals surface area (Å²) in [5, 5.41) is 3.32. The molecule has 5 heteroatoms. The zero-order valence-corrected chi connectivity index (χ0v) is 12.4. The van der Waals surface area contributed by atoms with Gasteiger partial charge in [-0.25, -0.2) is 8.42 Å². The first-order valence-electron chi connectivity index (χ1n) is 6.77. The lowest BCUT2D eigenvalue weighted by atomic mass is 10.1. The second-order valence-electron chi connectivity index (χ2n) is 5.32. The van der Waals surface area contributed by atoms with E-state index < -0.39 is 10.0 Å². The van der Waals surface area contributed by atoms with Gasteiger partial charge in [0.25, 0.3) is 0 Å². The molecule has 1 fully saturated rings. The summed E-state index contributed by atoms with van der Waals surface area (Å²) in [6, 6.07) is 6.42. The molecule has 1 saturated carbocycles. The molecular weight excluding hydrogens is 260 g/mol. The summed E-state index contributed by atoms with van der Waals surface area (Å²) in [5.41, 5.74) is 2.69. The third-order valence-corrected chi connectivity index (χ3v) is 4.62. The monoisotopic (exact) mass is 282 g/mol. The summed E-state index contributed by atoms with van der Waals surface area (Å²) in [4.78, 5) is 0. The third-order valence-electron chi connectivity index (χ3n) is 3.26. The van der Waals surface area contributed by atoms with E-state index in [1.807, 2.05) is 32.0 Å². The van der Waals surface area contributed by atoms with E-state index in [4.69, 9.17) is 0 Å². The predicted octanol–water partition coefficient (Wildman–Crippen LogP) is 2.19. The van der Waals surface area contributed by atoms with Crippen LogP contribution in [0, 0.1) is 13.8 Å². The van der Waals surface area contributed by atoms with E-state index in [1.54, 1.807) is 0 Å². The molecule has 0 unspecified atom stereocenters. The number of anilines is 1. The van der Waals surface area contributed by atoms with Gasteiger partial charge in [0.2, 0.25) is 10.0 Å². The van der Waals surface area contributed by atoms with Gasteiger partial charge >= 0.3 is 0 Å². The van der Waals surface area contributed by atoms with Crippen molar-refractivity contribution < 1.29 is 8.42 Å². The number of aryl methyl sites for hydroxylation is 2. The summed E-state index contributed by atoms with van der Waals surface area (Å²) in [6.07, 6.45) is 3.11. The van der Waals surface area contributed by atoms with Crippen LogP contribution in [0.5, 0.6) is 0 Å². The summed E-state index contributed by atoms with van der Waals surface area (Å²) in [7, 11) is -3.24. The molecule has 4 nitrogen and oxygen atoms in total. The number of rotatable bonds is 7. The lowest BCUT2D eigenvalue weighted by Gasteiger charge is -2.11. The van der Waals surface area contributed by atoms with Crippen LogP contribution in [0.15, 0.2) is 18.2 Å². The molecule has 0 aromatic heterocycles. The second kappa shape index (κ2) is 5.92. The zero-order chi connectivity index (χ0) is 13.9. The smallest absolute Gasteiger partial charge is 0.232 e. The molecule has 1 aliphatic rings. The van der Waals surface area contributed by atoms with E-state index in [0.29, 0.717) is 18.2 Å². The quantitative estimate of drug-likeness (QED) is 0.754. The molecule has 2 rings (SSSR count). The fourth-order valence-electron chi connectivity index (χ4n) is 1.92. The number of nitrogens with one attached hydrogen (secondary N) is 2. The Hall–Kier alpha value is -1.07. The average molecular weight is 282 g/mol. The van der Waals surface area contributed by atoms with E-state index in [0.717, 1.165) is 17.7 Å². The van der Waals surface area contributed by atoms with E-state index in [9.17, 15) is 8.42 Å². The molecule has 0 radical (unpaired) electrons. The van der Waals surface area contributed by atoms with Crippen molar-refractivity contribution >= 4 is 15.7 Å². The Morgan fingerprint density at radius 2 is 2.00 bits per heavy atom. The largest absolute Gasteiger partial charge is 0.314 e. The number of sulfonamides is 1. The van der Waals surface area contributed by atoms with E-state index in [-0.39, 0.29) is 5.75 Å². The van der Waals surface area contributed by atoms with Crippen molar-refractivity contribution in [1.29, 1.82) is 0 Å². The van der Waals surface area contributed by atoms with Gasteiger partial charge in [-0.2, -0.15) is 0 Å². The molecular formula is C14H22N2O2S. The minimum absolute atomic E-state index is 0.167. The topological polar surface area (TPSA) is 58.2 Å². The highest BCUT2D eigenvalue weighted by Crippen LogP contribution is 2.19. The standard InChI is InChI=1S/C14H22N2O2S/c1-11-4-5-12(2)14(10-11)16-19(17,18)9-3-8-15-13-6-7-13/h4-5,10,13,15-16H,3,6-9H2,1-2H3.